The molecule has 0 radical (unpaired) electrons. The molecule has 2 atom stereocenters. The van der Waals surface area contributed by atoms with Crippen LogP contribution in [0.2, 0.25) is 10.0 Å². The molecule has 2 aromatic rings. The third-order valence-corrected chi connectivity index (χ3v) is 4.28. The topological polar surface area (TPSA) is 151 Å². The first-order valence-electron chi connectivity index (χ1n) is 8.80. The Morgan fingerprint density at radius 3 is 1.84 bits per heavy atom. The van der Waals surface area contributed by atoms with E-state index in [1.165, 1.54) is 6.92 Å². The van der Waals surface area contributed by atoms with E-state index in [1.807, 2.05) is 0 Å². The summed E-state index contributed by atoms with van der Waals surface area (Å²) >= 11 is 11.7. The van der Waals surface area contributed by atoms with E-state index in [0.717, 1.165) is 0 Å². The molecule has 0 aliphatic heterocycles. The van der Waals surface area contributed by atoms with Crippen LogP contribution in [0.25, 0.3) is 0 Å². The first-order chi connectivity index (χ1) is 14.6. The molecular formula is C20H22Cl2N2O7. The maximum absolute atomic E-state index is 10.8. The molecule has 11 heteroatoms. The standard InChI is InChI=1S/C11H12ClNO4.C9H10ClNO3/c1-7(14)16-6-10(17-11(13)15)8-4-2-3-5-9(8)12;10-7-4-2-1-3-6(7)8(12)5-14-9(11)13/h2-5,10H,6H2,1H3,(H2,13,15);1-4,8,12H,5H2,(H2,11,13)/t10-;8-/m01/s1. The van der Waals surface area contributed by atoms with Gasteiger partial charge in [-0.15, -0.1) is 0 Å². The van der Waals surface area contributed by atoms with Gasteiger partial charge in [-0.3, -0.25) is 4.79 Å². The Bertz CT molecular complexity index is 895. The number of amides is 2. The van der Waals surface area contributed by atoms with Crippen LogP contribution in [-0.2, 0) is 19.0 Å². The number of rotatable bonds is 7. The summed E-state index contributed by atoms with van der Waals surface area (Å²) in [4.78, 5) is 31.8. The van der Waals surface area contributed by atoms with Gasteiger partial charge in [-0.2, -0.15) is 0 Å². The molecule has 2 amide bonds. The molecule has 2 rings (SSSR count). The highest BCUT2D eigenvalue weighted by Crippen LogP contribution is 2.26. The number of esters is 1. The van der Waals surface area contributed by atoms with Gasteiger partial charge >= 0.3 is 18.2 Å². The molecule has 0 saturated heterocycles. The molecule has 0 fully saturated rings. The lowest BCUT2D eigenvalue weighted by atomic mass is 10.1. The van der Waals surface area contributed by atoms with E-state index in [1.54, 1.807) is 48.5 Å². The summed E-state index contributed by atoms with van der Waals surface area (Å²) in [5, 5.41) is 10.4. The number of aliphatic hydroxyl groups is 1. The number of primary amides is 2. The molecule has 2 aromatic carbocycles. The van der Waals surface area contributed by atoms with Crippen molar-refractivity contribution in [1.82, 2.24) is 0 Å². The molecule has 0 saturated carbocycles. The van der Waals surface area contributed by atoms with Crippen LogP contribution in [0.4, 0.5) is 9.59 Å². The van der Waals surface area contributed by atoms with Gasteiger partial charge in [-0.1, -0.05) is 59.6 Å². The summed E-state index contributed by atoms with van der Waals surface area (Å²) in [7, 11) is 0. The highest BCUT2D eigenvalue weighted by molar-refractivity contribution is 6.31. The average Bonchev–Trinajstić information content (AvgIpc) is 2.70. The van der Waals surface area contributed by atoms with Gasteiger partial charge in [0.15, 0.2) is 6.10 Å². The molecule has 0 heterocycles. The fourth-order valence-electron chi connectivity index (χ4n) is 2.25. The molecule has 9 nitrogen and oxygen atoms in total. The average molecular weight is 473 g/mol. The lowest BCUT2D eigenvalue weighted by Gasteiger charge is -2.17. The lowest BCUT2D eigenvalue weighted by Crippen LogP contribution is -2.22. The molecule has 0 aliphatic rings. The molecular weight excluding hydrogens is 451 g/mol. The van der Waals surface area contributed by atoms with Gasteiger partial charge in [0.05, 0.1) is 0 Å². The number of carbonyl (C=O) groups excluding carboxylic acids is 3. The molecule has 0 spiro atoms. The van der Waals surface area contributed by atoms with Crippen LogP contribution in [0.15, 0.2) is 48.5 Å². The first kappa shape index (κ1) is 26.0. The van der Waals surface area contributed by atoms with E-state index < -0.39 is 30.4 Å². The Morgan fingerprint density at radius 2 is 1.39 bits per heavy atom. The zero-order chi connectivity index (χ0) is 23.4. The molecule has 168 valence electrons. The minimum absolute atomic E-state index is 0.123. The first-order valence-corrected chi connectivity index (χ1v) is 9.56. The SMILES string of the molecule is CC(=O)OC[C@H](OC(N)=O)c1ccccc1Cl.NC(=O)OC[C@@H](O)c1ccccc1Cl. The number of nitrogens with two attached hydrogens (primary N) is 2. The van der Waals surface area contributed by atoms with Crippen LogP contribution in [0.1, 0.15) is 30.3 Å². The van der Waals surface area contributed by atoms with Crippen molar-refractivity contribution in [1.29, 1.82) is 0 Å². The monoisotopic (exact) mass is 472 g/mol. The number of aliphatic hydroxyl groups excluding tert-OH is 1. The van der Waals surface area contributed by atoms with Crippen LogP contribution in [0, 0.1) is 0 Å². The third kappa shape index (κ3) is 10.0. The highest BCUT2D eigenvalue weighted by atomic mass is 35.5. The fourth-order valence-corrected chi connectivity index (χ4v) is 2.77. The van der Waals surface area contributed by atoms with Crippen LogP contribution in [0.5, 0.6) is 0 Å². The summed E-state index contributed by atoms with van der Waals surface area (Å²) in [6.45, 7) is 0.939. The van der Waals surface area contributed by atoms with Gasteiger partial charge in [-0.05, 0) is 12.1 Å². The number of hydrogen-bond acceptors (Lipinski definition) is 7. The second kappa shape index (κ2) is 13.3. The zero-order valence-corrected chi connectivity index (χ0v) is 18.0. The molecule has 0 aliphatic carbocycles. The number of ether oxygens (including phenoxy) is 3. The van der Waals surface area contributed by atoms with E-state index in [0.29, 0.717) is 21.2 Å². The number of halogens is 2. The largest absolute Gasteiger partial charge is 0.462 e. The molecule has 0 unspecified atom stereocenters. The number of hydrogen-bond donors (Lipinski definition) is 3. The van der Waals surface area contributed by atoms with Crippen molar-refractivity contribution in [2.24, 2.45) is 11.5 Å². The van der Waals surface area contributed by atoms with E-state index >= 15 is 0 Å². The van der Waals surface area contributed by atoms with Gasteiger partial charge in [-0.25, -0.2) is 9.59 Å². The van der Waals surface area contributed by atoms with E-state index in [4.69, 9.17) is 44.1 Å². The van der Waals surface area contributed by atoms with Gasteiger partial charge in [0, 0.05) is 28.1 Å². The summed E-state index contributed by atoms with van der Waals surface area (Å²) in [5.41, 5.74) is 10.7. The molecule has 0 bridgehead atoms. The molecule has 31 heavy (non-hydrogen) atoms. The van der Waals surface area contributed by atoms with E-state index in [2.05, 4.69) is 4.74 Å². The minimum atomic E-state index is -0.956. The summed E-state index contributed by atoms with van der Waals surface area (Å²) in [5.74, 6) is -0.477. The lowest BCUT2D eigenvalue weighted by molar-refractivity contribution is -0.144. The Morgan fingerprint density at radius 1 is 0.871 bits per heavy atom. The van der Waals surface area contributed by atoms with Crippen LogP contribution in [-0.4, -0.2) is 36.5 Å². The van der Waals surface area contributed by atoms with Crippen molar-refractivity contribution in [3.8, 4) is 0 Å². The Balaban J connectivity index is 0.000000316. The maximum Gasteiger partial charge on any atom is 0.405 e. The van der Waals surface area contributed by atoms with Crippen LogP contribution in [0.3, 0.4) is 0 Å². The van der Waals surface area contributed by atoms with Gasteiger partial charge in [0.25, 0.3) is 0 Å². The third-order valence-electron chi connectivity index (χ3n) is 3.60. The van der Waals surface area contributed by atoms with E-state index in [9.17, 15) is 19.5 Å². The predicted molar refractivity (Wildman–Crippen MR) is 113 cm³/mol. The summed E-state index contributed by atoms with van der Waals surface area (Å²) in [6, 6.07) is 13.5. The predicted octanol–water partition coefficient (Wildman–Crippen LogP) is 3.51. The summed E-state index contributed by atoms with van der Waals surface area (Å²) < 4.78 is 14.1. The quantitative estimate of drug-likeness (QED) is 0.411. The number of carbonyl (C=O) groups is 3. The van der Waals surface area contributed by atoms with Crippen molar-refractivity contribution in [2.45, 2.75) is 19.1 Å². The van der Waals surface area contributed by atoms with Crippen molar-refractivity contribution in [3.63, 3.8) is 0 Å². The Hall–Kier alpha value is -3.01. The minimum Gasteiger partial charge on any atom is -0.462 e. The maximum atomic E-state index is 10.8. The normalized spacial score (nSPS) is 11.9. The van der Waals surface area contributed by atoms with Gasteiger partial charge in [0.2, 0.25) is 0 Å². The van der Waals surface area contributed by atoms with Crippen molar-refractivity contribution in [3.05, 3.63) is 69.7 Å². The van der Waals surface area contributed by atoms with Crippen LogP contribution < -0.4 is 11.5 Å². The van der Waals surface area contributed by atoms with Crippen molar-refractivity contribution < 1.29 is 33.7 Å². The molecule has 0 aromatic heterocycles. The second-order valence-corrected chi connectivity index (χ2v) is 6.73. The van der Waals surface area contributed by atoms with Crippen LogP contribution >= 0.6 is 23.2 Å². The molecule has 5 N–H and O–H groups in total. The zero-order valence-electron chi connectivity index (χ0n) is 16.5. The van der Waals surface area contributed by atoms with Gasteiger partial charge in [0.1, 0.15) is 19.3 Å². The Kier molecular flexibility index (Phi) is 11.2. The van der Waals surface area contributed by atoms with Crippen molar-refractivity contribution in [2.75, 3.05) is 13.2 Å². The van der Waals surface area contributed by atoms with E-state index in [-0.39, 0.29) is 13.2 Å². The Labute approximate surface area is 188 Å². The smallest absolute Gasteiger partial charge is 0.405 e. The highest BCUT2D eigenvalue weighted by Gasteiger charge is 2.19. The number of benzene rings is 2. The van der Waals surface area contributed by atoms with Gasteiger partial charge < -0.3 is 30.8 Å². The fraction of sp³-hybridized carbons (Fsp3) is 0.250. The van der Waals surface area contributed by atoms with Crippen molar-refractivity contribution >= 4 is 41.4 Å². The second-order valence-electron chi connectivity index (χ2n) is 5.92. The summed E-state index contributed by atoms with van der Waals surface area (Å²) in [6.07, 6.45) is -3.63.